The highest BCUT2D eigenvalue weighted by Crippen LogP contribution is 2.39. The maximum atomic E-state index is 12.5. The van der Waals surface area contributed by atoms with Gasteiger partial charge in [0, 0.05) is 39.1 Å². The van der Waals surface area contributed by atoms with Crippen molar-refractivity contribution in [2.24, 2.45) is 5.41 Å². The number of aromatic nitrogens is 1. The Kier molecular flexibility index (Phi) is 3.66. The number of hydrogen-bond donors (Lipinski definition) is 0. The molecule has 0 N–H and O–H groups in total. The Labute approximate surface area is 124 Å². The third-order valence-corrected chi connectivity index (χ3v) is 4.73. The monoisotopic (exact) mass is 287 g/mol. The summed E-state index contributed by atoms with van der Waals surface area (Å²) in [6.07, 6.45) is 6.54. The zero-order valence-corrected chi connectivity index (χ0v) is 12.4. The van der Waals surface area contributed by atoms with Crippen LogP contribution in [0.2, 0.25) is 0 Å². The summed E-state index contributed by atoms with van der Waals surface area (Å²) < 4.78 is 0. The van der Waals surface area contributed by atoms with Crippen molar-refractivity contribution in [1.82, 2.24) is 14.8 Å². The molecule has 0 saturated carbocycles. The molecule has 2 fully saturated rings. The molecule has 0 radical (unpaired) electrons. The SMILES string of the molecule is CN1CCC[C@]2(CCN(C(=O)Cc3cccnc3)C2)C1=O. The Morgan fingerprint density at radius 3 is 3.00 bits per heavy atom. The second-order valence-corrected chi connectivity index (χ2v) is 6.21. The molecule has 0 aromatic carbocycles. The zero-order chi connectivity index (χ0) is 14.9. The predicted octanol–water partition coefficient (Wildman–Crippen LogP) is 1.09. The molecule has 2 amide bonds. The summed E-state index contributed by atoms with van der Waals surface area (Å²) >= 11 is 0. The maximum Gasteiger partial charge on any atom is 0.230 e. The molecule has 2 saturated heterocycles. The summed E-state index contributed by atoms with van der Waals surface area (Å²) in [7, 11) is 1.86. The molecule has 5 nitrogen and oxygen atoms in total. The fraction of sp³-hybridized carbons (Fsp3) is 0.562. The fourth-order valence-electron chi connectivity index (χ4n) is 3.52. The van der Waals surface area contributed by atoms with Gasteiger partial charge < -0.3 is 9.80 Å². The van der Waals surface area contributed by atoms with Crippen molar-refractivity contribution in [3.63, 3.8) is 0 Å². The van der Waals surface area contributed by atoms with Gasteiger partial charge >= 0.3 is 0 Å². The Hall–Kier alpha value is -1.91. The van der Waals surface area contributed by atoms with E-state index in [0.29, 0.717) is 19.5 Å². The highest BCUT2D eigenvalue weighted by atomic mass is 16.2. The van der Waals surface area contributed by atoms with Crippen molar-refractivity contribution >= 4 is 11.8 Å². The highest BCUT2D eigenvalue weighted by molar-refractivity contribution is 5.86. The molecule has 1 aromatic heterocycles. The molecule has 1 aromatic rings. The van der Waals surface area contributed by atoms with Gasteiger partial charge in [0.25, 0.3) is 0 Å². The molecule has 3 heterocycles. The Bertz CT molecular complexity index is 546. The molecule has 2 aliphatic heterocycles. The first-order valence-corrected chi connectivity index (χ1v) is 7.53. The largest absolute Gasteiger partial charge is 0.345 e. The van der Waals surface area contributed by atoms with Crippen LogP contribution in [0.4, 0.5) is 0 Å². The molecule has 5 heteroatoms. The van der Waals surface area contributed by atoms with Crippen LogP contribution in [0.3, 0.4) is 0 Å². The minimum atomic E-state index is -0.322. The minimum absolute atomic E-state index is 0.0981. The van der Waals surface area contributed by atoms with E-state index >= 15 is 0 Å². The molecule has 1 spiro atoms. The third-order valence-electron chi connectivity index (χ3n) is 4.73. The van der Waals surface area contributed by atoms with E-state index in [-0.39, 0.29) is 17.2 Å². The summed E-state index contributed by atoms with van der Waals surface area (Å²) in [6, 6.07) is 3.75. The van der Waals surface area contributed by atoms with Gasteiger partial charge in [-0.15, -0.1) is 0 Å². The predicted molar refractivity (Wildman–Crippen MR) is 78.4 cm³/mol. The van der Waals surface area contributed by atoms with Crippen LogP contribution in [0.1, 0.15) is 24.8 Å². The third kappa shape index (κ3) is 2.64. The van der Waals surface area contributed by atoms with E-state index in [0.717, 1.165) is 31.4 Å². The highest BCUT2D eigenvalue weighted by Gasteiger charge is 2.48. The van der Waals surface area contributed by atoms with E-state index in [1.54, 1.807) is 12.4 Å². The molecular weight excluding hydrogens is 266 g/mol. The number of nitrogens with zero attached hydrogens (tertiary/aromatic N) is 3. The number of pyridine rings is 1. The van der Waals surface area contributed by atoms with Crippen molar-refractivity contribution < 1.29 is 9.59 Å². The average molecular weight is 287 g/mol. The van der Waals surface area contributed by atoms with Gasteiger partial charge in [0.1, 0.15) is 0 Å². The van der Waals surface area contributed by atoms with E-state index in [1.807, 2.05) is 29.0 Å². The lowest BCUT2D eigenvalue weighted by Gasteiger charge is -2.37. The molecule has 1 atom stereocenters. The van der Waals surface area contributed by atoms with E-state index in [4.69, 9.17) is 0 Å². The standard InChI is InChI=1S/C16H21N3O2/c1-18-8-3-5-16(15(18)21)6-9-19(12-16)14(20)10-13-4-2-7-17-11-13/h2,4,7,11H,3,5-6,8-10,12H2,1H3/t16-/m1/s1. The van der Waals surface area contributed by atoms with Gasteiger partial charge in [-0.3, -0.25) is 14.6 Å². The molecular formula is C16H21N3O2. The van der Waals surface area contributed by atoms with Gasteiger partial charge in [-0.2, -0.15) is 0 Å². The summed E-state index contributed by atoms with van der Waals surface area (Å²) in [5, 5.41) is 0. The summed E-state index contributed by atoms with van der Waals surface area (Å²) in [4.78, 5) is 32.6. The van der Waals surface area contributed by atoms with Crippen LogP contribution in [0, 0.1) is 5.41 Å². The van der Waals surface area contributed by atoms with E-state index in [9.17, 15) is 9.59 Å². The smallest absolute Gasteiger partial charge is 0.230 e. The van der Waals surface area contributed by atoms with Crippen LogP contribution >= 0.6 is 0 Å². The first-order valence-electron chi connectivity index (χ1n) is 7.53. The second-order valence-electron chi connectivity index (χ2n) is 6.21. The first kappa shape index (κ1) is 14.0. The number of carbonyl (C=O) groups excluding carboxylic acids is 2. The zero-order valence-electron chi connectivity index (χ0n) is 12.4. The van der Waals surface area contributed by atoms with Gasteiger partial charge in [-0.05, 0) is 30.9 Å². The van der Waals surface area contributed by atoms with E-state index in [2.05, 4.69) is 4.98 Å². The van der Waals surface area contributed by atoms with Crippen molar-refractivity contribution in [1.29, 1.82) is 0 Å². The lowest BCUT2D eigenvalue weighted by Crippen LogP contribution is -2.48. The molecule has 112 valence electrons. The van der Waals surface area contributed by atoms with Crippen LogP contribution in [-0.4, -0.2) is 53.3 Å². The lowest BCUT2D eigenvalue weighted by molar-refractivity contribution is -0.144. The van der Waals surface area contributed by atoms with Gasteiger partial charge in [0.2, 0.25) is 11.8 Å². The van der Waals surface area contributed by atoms with Crippen molar-refractivity contribution in [3.05, 3.63) is 30.1 Å². The Morgan fingerprint density at radius 2 is 2.24 bits per heavy atom. The van der Waals surface area contributed by atoms with Crippen molar-refractivity contribution in [3.8, 4) is 0 Å². The molecule has 2 aliphatic rings. The van der Waals surface area contributed by atoms with Crippen LogP contribution in [0.5, 0.6) is 0 Å². The topological polar surface area (TPSA) is 53.5 Å². The Balaban J connectivity index is 1.66. The lowest BCUT2D eigenvalue weighted by atomic mass is 9.78. The number of piperidine rings is 1. The first-order chi connectivity index (χ1) is 10.1. The summed E-state index contributed by atoms with van der Waals surface area (Å²) in [6.45, 7) is 2.11. The van der Waals surface area contributed by atoms with Gasteiger partial charge in [0.05, 0.1) is 11.8 Å². The molecule has 0 aliphatic carbocycles. The van der Waals surface area contributed by atoms with Crippen LogP contribution in [0.25, 0.3) is 0 Å². The number of hydrogen-bond acceptors (Lipinski definition) is 3. The van der Waals surface area contributed by atoms with Gasteiger partial charge in [-0.25, -0.2) is 0 Å². The van der Waals surface area contributed by atoms with Crippen LogP contribution in [0.15, 0.2) is 24.5 Å². The Morgan fingerprint density at radius 1 is 1.38 bits per heavy atom. The molecule has 0 bridgehead atoms. The molecule has 21 heavy (non-hydrogen) atoms. The second kappa shape index (κ2) is 5.47. The summed E-state index contributed by atoms with van der Waals surface area (Å²) in [5.41, 5.74) is 0.605. The number of likely N-dealkylation sites (tertiary alicyclic amines) is 2. The number of amides is 2. The molecule has 3 rings (SSSR count). The van der Waals surface area contributed by atoms with E-state index < -0.39 is 0 Å². The number of rotatable bonds is 2. The van der Waals surface area contributed by atoms with Gasteiger partial charge in [-0.1, -0.05) is 6.07 Å². The van der Waals surface area contributed by atoms with Crippen molar-refractivity contribution in [2.75, 3.05) is 26.7 Å². The molecule has 0 unspecified atom stereocenters. The maximum absolute atomic E-state index is 12.5. The quantitative estimate of drug-likeness (QED) is 0.818. The number of carbonyl (C=O) groups is 2. The van der Waals surface area contributed by atoms with E-state index in [1.165, 1.54) is 0 Å². The van der Waals surface area contributed by atoms with Crippen LogP contribution in [-0.2, 0) is 16.0 Å². The van der Waals surface area contributed by atoms with Gasteiger partial charge in [0.15, 0.2) is 0 Å². The summed E-state index contributed by atoms with van der Waals surface area (Å²) in [5.74, 6) is 0.311. The normalized spacial score (nSPS) is 25.7. The average Bonchev–Trinajstić information content (AvgIpc) is 2.91. The minimum Gasteiger partial charge on any atom is -0.345 e. The van der Waals surface area contributed by atoms with Crippen LogP contribution < -0.4 is 0 Å². The fourth-order valence-corrected chi connectivity index (χ4v) is 3.52. The van der Waals surface area contributed by atoms with Crippen molar-refractivity contribution in [2.45, 2.75) is 25.7 Å².